The molecule has 7 nitrogen and oxygen atoms in total. The molecule has 1 saturated heterocycles. The third-order valence-corrected chi connectivity index (χ3v) is 4.75. The van der Waals surface area contributed by atoms with Crippen molar-refractivity contribution >= 4 is 17.5 Å². The molecule has 1 atom stereocenters. The van der Waals surface area contributed by atoms with E-state index < -0.39 is 0 Å². The zero-order chi connectivity index (χ0) is 19.5. The Morgan fingerprint density at radius 3 is 2.62 bits per heavy atom. The van der Waals surface area contributed by atoms with Gasteiger partial charge in [-0.15, -0.1) is 0 Å². The van der Waals surface area contributed by atoms with Gasteiger partial charge < -0.3 is 25.0 Å². The summed E-state index contributed by atoms with van der Waals surface area (Å²) < 4.78 is 10.6. The Morgan fingerprint density at radius 1 is 1.35 bits per heavy atom. The van der Waals surface area contributed by atoms with E-state index in [-0.39, 0.29) is 29.6 Å². The van der Waals surface area contributed by atoms with Crippen molar-refractivity contribution in [3.8, 4) is 11.5 Å². The molecule has 1 aromatic rings. The predicted octanol–water partition coefficient (Wildman–Crippen LogP) is 1.50. The molecule has 7 heteroatoms. The lowest BCUT2D eigenvalue weighted by atomic mass is 9.92. The summed E-state index contributed by atoms with van der Waals surface area (Å²) in [4.78, 5) is 28.6. The number of anilines is 1. The lowest BCUT2D eigenvalue weighted by molar-refractivity contribution is -0.135. The number of carbonyl (C=O) groups excluding carboxylic acids is 2. The number of hydrogen-bond donors (Lipinski definition) is 1. The summed E-state index contributed by atoms with van der Waals surface area (Å²) in [6.45, 7) is 5.42. The molecular formula is C19H29N3O4. The van der Waals surface area contributed by atoms with Gasteiger partial charge >= 0.3 is 0 Å². The van der Waals surface area contributed by atoms with E-state index in [1.807, 2.05) is 13.8 Å². The minimum Gasteiger partial charge on any atom is -0.497 e. The predicted molar refractivity (Wildman–Crippen MR) is 100 cm³/mol. The highest BCUT2D eigenvalue weighted by atomic mass is 16.5. The Labute approximate surface area is 155 Å². The molecule has 1 aromatic carbocycles. The molecule has 0 spiro atoms. The lowest BCUT2D eigenvalue weighted by Gasteiger charge is -2.30. The van der Waals surface area contributed by atoms with Gasteiger partial charge in [-0.05, 0) is 24.1 Å². The van der Waals surface area contributed by atoms with Gasteiger partial charge in [0.15, 0.2) is 0 Å². The zero-order valence-electron chi connectivity index (χ0n) is 16.2. The number of hydrogen-bond acceptors (Lipinski definition) is 5. The van der Waals surface area contributed by atoms with Gasteiger partial charge in [-0.25, -0.2) is 0 Å². The Bertz CT molecular complexity index is 675. The van der Waals surface area contributed by atoms with E-state index in [0.29, 0.717) is 36.8 Å². The van der Waals surface area contributed by atoms with Crippen molar-refractivity contribution in [2.45, 2.75) is 20.3 Å². The normalized spacial score (nSPS) is 17.4. The second kappa shape index (κ2) is 7.95. The number of nitrogens with two attached hydrogens (primary N) is 1. The molecule has 2 rings (SSSR count). The fourth-order valence-electron chi connectivity index (χ4n) is 3.21. The van der Waals surface area contributed by atoms with E-state index in [1.165, 1.54) is 0 Å². The van der Waals surface area contributed by atoms with Gasteiger partial charge in [0.1, 0.15) is 11.5 Å². The van der Waals surface area contributed by atoms with Crippen molar-refractivity contribution in [3.63, 3.8) is 0 Å². The monoisotopic (exact) mass is 363 g/mol. The number of benzene rings is 1. The number of carbonyl (C=O) groups is 2. The van der Waals surface area contributed by atoms with Crippen LogP contribution in [-0.4, -0.2) is 57.6 Å². The van der Waals surface area contributed by atoms with Crippen LogP contribution in [0.5, 0.6) is 11.5 Å². The van der Waals surface area contributed by atoms with Crippen LogP contribution in [0, 0.1) is 11.3 Å². The van der Waals surface area contributed by atoms with Crippen LogP contribution in [-0.2, 0) is 9.59 Å². The molecule has 0 aromatic heterocycles. The number of ether oxygens (including phenoxy) is 2. The molecule has 1 aliphatic rings. The molecule has 1 unspecified atom stereocenters. The van der Waals surface area contributed by atoms with E-state index in [4.69, 9.17) is 15.2 Å². The minimum absolute atomic E-state index is 0.0325. The Balaban J connectivity index is 2.14. The topological polar surface area (TPSA) is 85.1 Å². The minimum atomic E-state index is -0.368. The number of rotatable bonds is 7. The molecule has 0 radical (unpaired) electrons. The molecular weight excluding hydrogens is 334 g/mol. The molecule has 0 saturated carbocycles. The van der Waals surface area contributed by atoms with Crippen molar-refractivity contribution in [2.24, 2.45) is 17.1 Å². The highest BCUT2D eigenvalue weighted by Crippen LogP contribution is 2.36. The standard InChI is InChI=1S/C19H29N3O4/c1-19(2,11-20)12-21(3)18(24)13-8-17(23)22(10-13)15-7-6-14(25-4)9-16(15)26-5/h6-7,9,13H,8,10-12,20H2,1-5H3. The van der Waals surface area contributed by atoms with Gasteiger partial charge in [0.25, 0.3) is 0 Å². The summed E-state index contributed by atoms with van der Waals surface area (Å²) >= 11 is 0. The molecule has 1 heterocycles. The second-order valence-electron chi connectivity index (χ2n) is 7.51. The first-order valence-electron chi connectivity index (χ1n) is 8.70. The van der Waals surface area contributed by atoms with Crippen LogP contribution in [0.25, 0.3) is 0 Å². The SMILES string of the molecule is COc1ccc(N2CC(C(=O)N(C)CC(C)(C)CN)CC2=O)c(OC)c1. The van der Waals surface area contributed by atoms with Gasteiger partial charge in [0.2, 0.25) is 11.8 Å². The lowest BCUT2D eigenvalue weighted by Crippen LogP contribution is -2.42. The van der Waals surface area contributed by atoms with Gasteiger partial charge in [-0.3, -0.25) is 9.59 Å². The van der Waals surface area contributed by atoms with Crippen molar-refractivity contribution in [1.82, 2.24) is 4.90 Å². The van der Waals surface area contributed by atoms with Crippen molar-refractivity contribution in [1.29, 1.82) is 0 Å². The summed E-state index contributed by atoms with van der Waals surface area (Å²) in [6, 6.07) is 5.29. The molecule has 1 fully saturated rings. The summed E-state index contributed by atoms with van der Waals surface area (Å²) in [5.74, 6) is 0.707. The van der Waals surface area contributed by atoms with Crippen LogP contribution < -0.4 is 20.1 Å². The van der Waals surface area contributed by atoms with E-state index >= 15 is 0 Å². The highest BCUT2D eigenvalue weighted by Gasteiger charge is 2.38. The number of amides is 2. The van der Waals surface area contributed by atoms with Crippen LogP contribution in [0.2, 0.25) is 0 Å². The number of methoxy groups -OCH3 is 2. The molecule has 26 heavy (non-hydrogen) atoms. The van der Waals surface area contributed by atoms with Crippen LogP contribution in [0.4, 0.5) is 5.69 Å². The summed E-state index contributed by atoms with van der Waals surface area (Å²) in [5, 5.41) is 0. The third kappa shape index (κ3) is 4.27. The van der Waals surface area contributed by atoms with Crippen LogP contribution >= 0.6 is 0 Å². The largest absolute Gasteiger partial charge is 0.497 e. The quantitative estimate of drug-likeness (QED) is 0.793. The molecule has 144 valence electrons. The van der Waals surface area contributed by atoms with Crippen LogP contribution in [0.3, 0.4) is 0 Å². The van der Waals surface area contributed by atoms with Crippen molar-refractivity contribution in [2.75, 3.05) is 45.8 Å². The highest BCUT2D eigenvalue weighted by molar-refractivity contribution is 6.01. The average Bonchev–Trinajstić information content (AvgIpc) is 3.01. The summed E-state index contributed by atoms with van der Waals surface area (Å²) in [7, 11) is 4.88. The Morgan fingerprint density at radius 2 is 2.04 bits per heavy atom. The average molecular weight is 363 g/mol. The Hall–Kier alpha value is -2.28. The first-order valence-corrected chi connectivity index (χ1v) is 8.70. The molecule has 0 bridgehead atoms. The maximum atomic E-state index is 12.8. The maximum Gasteiger partial charge on any atom is 0.227 e. The first-order chi connectivity index (χ1) is 12.2. The van der Waals surface area contributed by atoms with Gasteiger partial charge in [0.05, 0.1) is 25.8 Å². The fourth-order valence-corrected chi connectivity index (χ4v) is 3.21. The maximum absolute atomic E-state index is 12.8. The van der Waals surface area contributed by atoms with E-state index in [2.05, 4.69) is 0 Å². The number of nitrogens with zero attached hydrogens (tertiary/aromatic N) is 2. The van der Waals surface area contributed by atoms with E-state index in [9.17, 15) is 9.59 Å². The summed E-state index contributed by atoms with van der Waals surface area (Å²) in [5.41, 5.74) is 6.25. The van der Waals surface area contributed by atoms with E-state index in [1.54, 1.807) is 49.3 Å². The smallest absolute Gasteiger partial charge is 0.227 e. The Kier molecular flexibility index (Phi) is 6.13. The van der Waals surface area contributed by atoms with Gasteiger partial charge in [0, 0.05) is 32.6 Å². The third-order valence-electron chi connectivity index (χ3n) is 4.75. The van der Waals surface area contributed by atoms with Gasteiger partial charge in [-0.1, -0.05) is 13.8 Å². The zero-order valence-corrected chi connectivity index (χ0v) is 16.2. The molecule has 2 N–H and O–H groups in total. The first kappa shape index (κ1) is 20.0. The van der Waals surface area contributed by atoms with Crippen LogP contribution in [0.1, 0.15) is 20.3 Å². The van der Waals surface area contributed by atoms with E-state index in [0.717, 1.165) is 0 Å². The molecule has 0 aliphatic carbocycles. The van der Waals surface area contributed by atoms with Gasteiger partial charge in [-0.2, -0.15) is 0 Å². The molecule has 2 amide bonds. The second-order valence-corrected chi connectivity index (χ2v) is 7.51. The fraction of sp³-hybridized carbons (Fsp3) is 0.579. The molecule has 1 aliphatic heterocycles. The van der Waals surface area contributed by atoms with Crippen molar-refractivity contribution < 1.29 is 19.1 Å². The van der Waals surface area contributed by atoms with Crippen molar-refractivity contribution in [3.05, 3.63) is 18.2 Å². The summed E-state index contributed by atoms with van der Waals surface area (Å²) in [6.07, 6.45) is 0.196. The van der Waals surface area contributed by atoms with Crippen LogP contribution in [0.15, 0.2) is 18.2 Å².